The number of nitrogens with one attached hydrogen (secondary N) is 1. The monoisotopic (exact) mass is 798 g/mol. The van der Waals surface area contributed by atoms with Gasteiger partial charge in [-0.1, -0.05) is 70.9 Å². The number of anilines is 2. The Hall–Kier alpha value is -3.53. The Kier molecular flexibility index (Phi) is 22.0. The summed E-state index contributed by atoms with van der Waals surface area (Å²) in [6.45, 7) is 14.5. The van der Waals surface area contributed by atoms with Crippen LogP contribution in [0.4, 0.5) is 11.8 Å². The van der Waals surface area contributed by atoms with Crippen molar-refractivity contribution < 1.29 is 33.2 Å². The van der Waals surface area contributed by atoms with Gasteiger partial charge in [-0.25, -0.2) is 4.98 Å². The molecule has 3 heterocycles. The fourth-order valence-corrected chi connectivity index (χ4v) is 7.10. The Labute approximate surface area is 341 Å². The molecule has 1 aliphatic heterocycles. The number of aromatic nitrogens is 3. The van der Waals surface area contributed by atoms with E-state index < -0.39 is 0 Å². The number of benzene rings is 1. The Morgan fingerprint density at radius 2 is 1.47 bits per heavy atom. The second-order valence-electron chi connectivity index (χ2n) is 15.0. The minimum absolute atomic E-state index is 0.129. The molecule has 0 aliphatic carbocycles. The minimum atomic E-state index is 0.129. The van der Waals surface area contributed by atoms with Crippen LogP contribution in [-0.2, 0) is 41.6 Å². The zero-order chi connectivity index (χ0) is 40.5. The van der Waals surface area contributed by atoms with Gasteiger partial charge in [-0.3, -0.25) is 9.69 Å². The van der Waals surface area contributed by atoms with Crippen LogP contribution in [0.2, 0.25) is 0 Å². The average molecular weight is 798 g/mol. The first-order valence-electron chi connectivity index (χ1n) is 21.2. The minimum Gasteiger partial charge on any atom is -0.496 e. The highest BCUT2D eigenvalue weighted by molar-refractivity contribution is 5.87. The number of methoxy groups -OCH3 is 2. The molecule has 0 radical (unpaired) electrons. The van der Waals surface area contributed by atoms with Crippen molar-refractivity contribution >= 4 is 28.7 Å². The lowest BCUT2D eigenvalue weighted by molar-refractivity contribution is -0.134. The number of carbonyl (C=O) groups excluding carboxylic acids is 1. The molecule has 14 heteroatoms. The summed E-state index contributed by atoms with van der Waals surface area (Å²) in [6.07, 6.45) is 12.6. The van der Waals surface area contributed by atoms with Crippen LogP contribution in [0.1, 0.15) is 82.8 Å². The predicted molar refractivity (Wildman–Crippen MR) is 226 cm³/mol. The van der Waals surface area contributed by atoms with Crippen LogP contribution in [0.5, 0.6) is 5.75 Å². The van der Waals surface area contributed by atoms with Crippen molar-refractivity contribution in [2.24, 2.45) is 5.92 Å². The van der Waals surface area contributed by atoms with Gasteiger partial charge >= 0.3 is 0 Å². The van der Waals surface area contributed by atoms with E-state index >= 15 is 0 Å². The van der Waals surface area contributed by atoms with E-state index in [4.69, 9.17) is 34.2 Å². The number of nitrogen functional groups attached to an aromatic ring is 1. The van der Waals surface area contributed by atoms with E-state index in [-0.39, 0.29) is 11.9 Å². The van der Waals surface area contributed by atoms with Crippen molar-refractivity contribution in [3.63, 3.8) is 0 Å². The number of amides is 1. The first kappa shape index (κ1) is 46.2. The van der Waals surface area contributed by atoms with Gasteiger partial charge in [0.05, 0.1) is 85.1 Å². The smallest absolute Gasteiger partial charge is 0.224 e. The van der Waals surface area contributed by atoms with E-state index in [1.54, 1.807) is 14.2 Å². The topological polar surface area (TPSA) is 148 Å². The quantitative estimate of drug-likeness (QED) is 0.0736. The highest BCUT2D eigenvalue weighted by Crippen LogP contribution is 2.28. The number of nitrogens with two attached hydrogens (primary N) is 1. The first-order valence-corrected chi connectivity index (χ1v) is 21.2. The summed E-state index contributed by atoms with van der Waals surface area (Å²) in [6, 6.07) is 8.45. The van der Waals surface area contributed by atoms with Crippen molar-refractivity contribution in [1.82, 2.24) is 24.3 Å². The second kappa shape index (κ2) is 27.2. The Bertz CT molecular complexity index is 1550. The molecule has 1 fully saturated rings. The highest BCUT2D eigenvalue weighted by Gasteiger charge is 2.21. The molecule has 1 atom stereocenters. The largest absolute Gasteiger partial charge is 0.496 e. The van der Waals surface area contributed by atoms with Crippen LogP contribution in [0.25, 0.3) is 11.0 Å². The van der Waals surface area contributed by atoms with Gasteiger partial charge in [0.25, 0.3) is 0 Å². The summed E-state index contributed by atoms with van der Waals surface area (Å²) < 4.78 is 35.0. The molecule has 0 bridgehead atoms. The number of rotatable bonds is 31. The van der Waals surface area contributed by atoms with Gasteiger partial charge in [-0.2, -0.15) is 4.98 Å². The Morgan fingerprint density at radius 1 is 0.807 bits per heavy atom. The zero-order valence-corrected chi connectivity index (χ0v) is 35.3. The first-order chi connectivity index (χ1) is 27.9. The standard InChI is InChI=1S/C43H71N7O7/c1-5-6-8-11-35(2)12-9-7-10-17-45-42-41-38(46-43(44)47-42)15-18-50(41)34-37-14-13-36(32-39(37)53-4)33-48-19-21-49(22-20-48)40(51)16-23-54-26-27-56-30-31-57-29-28-55-25-24-52-3/h13-15,18,32,35H,5-12,16-17,19-31,33-34H2,1-4H3,(H3,44,45,46,47). The molecule has 3 aromatic rings. The van der Waals surface area contributed by atoms with Gasteiger partial charge in [-0.05, 0) is 30.0 Å². The normalized spacial score (nSPS) is 14.1. The summed E-state index contributed by atoms with van der Waals surface area (Å²) in [4.78, 5) is 26.3. The summed E-state index contributed by atoms with van der Waals surface area (Å²) >= 11 is 0. The molecule has 0 saturated carbocycles. The molecule has 1 unspecified atom stereocenters. The van der Waals surface area contributed by atoms with Crippen molar-refractivity contribution in [3.8, 4) is 5.75 Å². The fraction of sp³-hybridized carbons (Fsp3) is 0.698. The maximum atomic E-state index is 12.8. The van der Waals surface area contributed by atoms with Crippen LogP contribution in [0, 0.1) is 5.92 Å². The van der Waals surface area contributed by atoms with Gasteiger partial charge < -0.3 is 48.9 Å². The van der Waals surface area contributed by atoms with Crippen LogP contribution < -0.4 is 15.8 Å². The second-order valence-corrected chi connectivity index (χ2v) is 15.0. The summed E-state index contributed by atoms with van der Waals surface area (Å²) in [5.74, 6) is 2.83. The molecule has 57 heavy (non-hydrogen) atoms. The van der Waals surface area contributed by atoms with Crippen molar-refractivity contribution in [2.75, 3.05) is 117 Å². The summed E-state index contributed by atoms with van der Waals surface area (Å²) in [5, 5.41) is 3.56. The van der Waals surface area contributed by atoms with Gasteiger partial charge in [-0.15, -0.1) is 0 Å². The molecule has 0 spiro atoms. The van der Waals surface area contributed by atoms with E-state index in [0.717, 1.165) is 66.7 Å². The lowest BCUT2D eigenvalue weighted by atomic mass is 9.97. The van der Waals surface area contributed by atoms with Crippen molar-refractivity contribution in [1.29, 1.82) is 0 Å². The number of hydrogen-bond donors (Lipinski definition) is 2. The lowest BCUT2D eigenvalue weighted by Crippen LogP contribution is -2.48. The molecule has 3 N–H and O–H groups in total. The number of carbonyl (C=O) groups is 1. The maximum Gasteiger partial charge on any atom is 0.224 e. The molecule has 2 aromatic heterocycles. The zero-order valence-electron chi connectivity index (χ0n) is 35.3. The number of hydrogen-bond acceptors (Lipinski definition) is 12. The molecule has 1 aromatic carbocycles. The van der Waals surface area contributed by atoms with E-state index in [1.807, 2.05) is 17.2 Å². The number of ether oxygens (including phenoxy) is 6. The lowest BCUT2D eigenvalue weighted by Gasteiger charge is -2.35. The third-order valence-electron chi connectivity index (χ3n) is 10.4. The third kappa shape index (κ3) is 17.1. The third-order valence-corrected chi connectivity index (χ3v) is 10.4. The molecule has 14 nitrogen and oxygen atoms in total. The summed E-state index contributed by atoms with van der Waals surface area (Å²) in [7, 11) is 3.37. The average Bonchev–Trinajstić information content (AvgIpc) is 3.62. The van der Waals surface area contributed by atoms with E-state index in [0.29, 0.717) is 85.5 Å². The van der Waals surface area contributed by atoms with Gasteiger partial charge in [0.2, 0.25) is 11.9 Å². The van der Waals surface area contributed by atoms with Gasteiger partial charge in [0.15, 0.2) is 5.82 Å². The van der Waals surface area contributed by atoms with Gasteiger partial charge in [0.1, 0.15) is 11.3 Å². The maximum absolute atomic E-state index is 12.8. The van der Waals surface area contributed by atoms with Crippen molar-refractivity contribution in [2.45, 2.75) is 84.7 Å². The van der Waals surface area contributed by atoms with Crippen LogP contribution >= 0.6 is 0 Å². The van der Waals surface area contributed by atoms with Crippen molar-refractivity contribution in [3.05, 3.63) is 41.6 Å². The molecular formula is C43H71N7O7. The van der Waals surface area contributed by atoms with Gasteiger partial charge in [0, 0.05) is 58.1 Å². The summed E-state index contributed by atoms with van der Waals surface area (Å²) in [5.41, 5.74) is 10.1. The van der Waals surface area contributed by atoms with E-state index in [9.17, 15) is 4.79 Å². The fourth-order valence-electron chi connectivity index (χ4n) is 7.10. The predicted octanol–water partition coefficient (Wildman–Crippen LogP) is 6.01. The SMILES string of the molecule is CCCCCC(C)CCCCCNc1nc(N)nc2ccn(Cc3ccc(CN4CCN(C(=O)CCOCCOCCOCCOCCOC)CC4)cc3OC)c12. The molecule has 1 saturated heterocycles. The number of nitrogens with zero attached hydrogens (tertiary/aromatic N) is 5. The molecule has 4 rings (SSSR count). The number of unbranched alkanes of at least 4 members (excludes halogenated alkanes) is 4. The number of piperazine rings is 1. The molecule has 1 aliphatic rings. The number of fused-ring (bicyclic) bond motifs is 1. The van der Waals surface area contributed by atoms with E-state index in [2.05, 4.69) is 56.8 Å². The highest BCUT2D eigenvalue weighted by atomic mass is 16.6. The van der Waals surface area contributed by atoms with E-state index in [1.165, 1.54) is 50.5 Å². The molecular weight excluding hydrogens is 727 g/mol. The van der Waals surface area contributed by atoms with Crippen LogP contribution in [0.3, 0.4) is 0 Å². The van der Waals surface area contributed by atoms with Crippen LogP contribution in [0.15, 0.2) is 30.5 Å². The Balaban J connectivity index is 1.15. The Morgan fingerprint density at radius 3 is 2.14 bits per heavy atom. The molecule has 320 valence electrons. The van der Waals surface area contributed by atoms with Crippen LogP contribution in [-0.4, -0.2) is 137 Å². The molecule has 1 amide bonds.